The molecule has 1 aromatic heterocycles. The van der Waals surface area contributed by atoms with E-state index in [0.29, 0.717) is 0 Å². The predicted octanol–water partition coefficient (Wildman–Crippen LogP) is 2.39. The van der Waals surface area contributed by atoms with Crippen molar-refractivity contribution in [2.45, 2.75) is 19.3 Å². The van der Waals surface area contributed by atoms with Crippen LogP contribution in [0.15, 0.2) is 36.7 Å². The Morgan fingerprint density at radius 2 is 1.94 bits per heavy atom. The molecule has 2 rings (SSSR count). The fraction of sp³-hybridized carbons (Fsp3) is 0.357. The second-order valence-corrected chi connectivity index (χ2v) is 5.26. The minimum Gasteiger partial charge on any atom is -0.399 e. The predicted molar refractivity (Wildman–Crippen MR) is 75.6 cm³/mol. The molecule has 1 aromatic carbocycles. The van der Waals surface area contributed by atoms with Gasteiger partial charge in [0.15, 0.2) is 0 Å². The van der Waals surface area contributed by atoms with Gasteiger partial charge in [-0.1, -0.05) is 26.0 Å². The molecule has 4 nitrogen and oxygen atoms in total. The quantitative estimate of drug-likeness (QED) is 0.812. The number of nitrogen functional groups attached to an aromatic ring is 1. The first-order chi connectivity index (χ1) is 8.47. The summed E-state index contributed by atoms with van der Waals surface area (Å²) in [5, 5.41) is 7.54. The van der Waals surface area contributed by atoms with Crippen LogP contribution in [0.2, 0.25) is 0 Å². The van der Waals surface area contributed by atoms with Crippen molar-refractivity contribution < 1.29 is 0 Å². The van der Waals surface area contributed by atoms with Crippen molar-refractivity contribution in [2.24, 2.45) is 7.05 Å². The summed E-state index contributed by atoms with van der Waals surface area (Å²) in [5.41, 5.74) is 8.87. The van der Waals surface area contributed by atoms with Gasteiger partial charge < -0.3 is 11.1 Å². The van der Waals surface area contributed by atoms with Crippen molar-refractivity contribution in [1.82, 2.24) is 9.78 Å². The van der Waals surface area contributed by atoms with E-state index in [9.17, 15) is 0 Å². The molecule has 0 atom stereocenters. The van der Waals surface area contributed by atoms with Crippen LogP contribution >= 0.6 is 0 Å². The summed E-state index contributed by atoms with van der Waals surface area (Å²) in [7, 11) is 1.91. The average Bonchev–Trinajstić information content (AvgIpc) is 2.73. The molecular weight excluding hydrogens is 224 g/mol. The normalized spacial score (nSPS) is 11.5. The number of aromatic nitrogens is 2. The first-order valence-corrected chi connectivity index (χ1v) is 6.06. The minimum absolute atomic E-state index is 0.0452. The van der Waals surface area contributed by atoms with Crippen LogP contribution in [-0.4, -0.2) is 16.3 Å². The molecule has 0 aliphatic heterocycles. The van der Waals surface area contributed by atoms with Crippen molar-refractivity contribution in [3.63, 3.8) is 0 Å². The number of anilines is 2. The van der Waals surface area contributed by atoms with Gasteiger partial charge in [0.25, 0.3) is 0 Å². The van der Waals surface area contributed by atoms with E-state index in [-0.39, 0.29) is 5.41 Å². The summed E-state index contributed by atoms with van der Waals surface area (Å²) in [5.74, 6) is 0. The highest BCUT2D eigenvalue weighted by Crippen LogP contribution is 2.24. The van der Waals surface area contributed by atoms with E-state index in [4.69, 9.17) is 5.73 Å². The molecule has 0 unspecified atom stereocenters. The number of hydrogen-bond acceptors (Lipinski definition) is 3. The Bertz CT molecular complexity index is 511. The van der Waals surface area contributed by atoms with E-state index in [1.165, 1.54) is 5.56 Å². The molecule has 0 saturated heterocycles. The lowest BCUT2D eigenvalue weighted by molar-refractivity contribution is 0.557. The molecular formula is C14H20N4. The Morgan fingerprint density at radius 3 is 2.50 bits per heavy atom. The third-order valence-electron chi connectivity index (χ3n) is 3.13. The van der Waals surface area contributed by atoms with Gasteiger partial charge in [-0.3, -0.25) is 4.68 Å². The standard InChI is InChI=1S/C14H20N4/c1-14(2,11-4-6-12(15)7-5-11)10-16-13-8-17-18(3)9-13/h4-9,16H,10,15H2,1-3H3. The van der Waals surface area contributed by atoms with Gasteiger partial charge in [-0.2, -0.15) is 5.10 Å². The van der Waals surface area contributed by atoms with Crippen LogP contribution in [0.4, 0.5) is 11.4 Å². The molecule has 0 fully saturated rings. The Hall–Kier alpha value is -1.97. The molecule has 0 spiro atoms. The summed E-state index contributed by atoms with van der Waals surface area (Å²) in [6.07, 6.45) is 3.80. The Balaban J connectivity index is 2.04. The van der Waals surface area contributed by atoms with Crippen molar-refractivity contribution in [2.75, 3.05) is 17.6 Å². The Morgan fingerprint density at radius 1 is 1.28 bits per heavy atom. The second-order valence-electron chi connectivity index (χ2n) is 5.26. The van der Waals surface area contributed by atoms with Crippen molar-refractivity contribution >= 4 is 11.4 Å². The molecule has 0 aliphatic rings. The summed E-state index contributed by atoms with van der Waals surface area (Å²) < 4.78 is 1.79. The summed E-state index contributed by atoms with van der Waals surface area (Å²) in [6.45, 7) is 5.27. The SMILES string of the molecule is Cn1cc(NCC(C)(C)c2ccc(N)cc2)cn1. The highest BCUT2D eigenvalue weighted by atomic mass is 15.3. The topological polar surface area (TPSA) is 55.9 Å². The third-order valence-corrected chi connectivity index (χ3v) is 3.13. The van der Waals surface area contributed by atoms with E-state index in [1.807, 2.05) is 31.6 Å². The highest BCUT2D eigenvalue weighted by molar-refractivity contribution is 5.43. The molecule has 0 bridgehead atoms. The fourth-order valence-corrected chi connectivity index (χ4v) is 1.87. The maximum Gasteiger partial charge on any atom is 0.0726 e. The van der Waals surface area contributed by atoms with E-state index < -0.39 is 0 Å². The maximum absolute atomic E-state index is 5.71. The largest absolute Gasteiger partial charge is 0.399 e. The number of hydrogen-bond donors (Lipinski definition) is 2. The van der Waals surface area contributed by atoms with Crippen LogP contribution in [0.5, 0.6) is 0 Å². The first-order valence-electron chi connectivity index (χ1n) is 6.06. The van der Waals surface area contributed by atoms with Crippen molar-refractivity contribution in [1.29, 1.82) is 0 Å². The van der Waals surface area contributed by atoms with Crippen LogP contribution in [0.25, 0.3) is 0 Å². The molecule has 0 radical (unpaired) electrons. The summed E-state index contributed by atoms with van der Waals surface area (Å²) >= 11 is 0. The summed E-state index contributed by atoms with van der Waals surface area (Å²) in [4.78, 5) is 0. The van der Waals surface area contributed by atoms with Gasteiger partial charge in [-0.05, 0) is 17.7 Å². The fourth-order valence-electron chi connectivity index (χ4n) is 1.87. The van der Waals surface area contributed by atoms with E-state index in [1.54, 1.807) is 4.68 Å². The number of nitrogens with two attached hydrogens (primary N) is 1. The molecule has 0 amide bonds. The van der Waals surface area contributed by atoms with Gasteiger partial charge in [-0.25, -0.2) is 0 Å². The first kappa shape index (κ1) is 12.5. The van der Waals surface area contributed by atoms with Crippen LogP contribution in [0.3, 0.4) is 0 Å². The van der Waals surface area contributed by atoms with Crippen LogP contribution in [0.1, 0.15) is 19.4 Å². The zero-order valence-electron chi connectivity index (χ0n) is 11.1. The summed E-state index contributed by atoms with van der Waals surface area (Å²) in [6, 6.07) is 8.06. The third kappa shape index (κ3) is 2.83. The van der Waals surface area contributed by atoms with Gasteiger partial charge in [-0.15, -0.1) is 0 Å². The molecule has 18 heavy (non-hydrogen) atoms. The van der Waals surface area contributed by atoms with Crippen molar-refractivity contribution in [3.05, 3.63) is 42.2 Å². The number of benzene rings is 1. The molecule has 96 valence electrons. The van der Waals surface area contributed by atoms with E-state index in [2.05, 4.69) is 36.4 Å². The highest BCUT2D eigenvalue weighted by Gasteiger charge is 2.20. The molecule has 3 N–H and O–H groups in total. The minimum atomic E-state index is 0.0452. The lowest BCUT2D eigenvalue weighted by atomic mass is 9.84. The van der Waals surface area contributed by atoms with Gasteiger partial charge >= 0.3 is 0 Å². The van der Waals surface area contributed by atoms with Gasteiger partial charge in [0.05, 0.1) is 11.9 Å². The monoisotopic (exact) mass is 244 g/mol. The maximum atomic E-state index is 5.71. The van der Waals surface area contributed by atoms with Crippen LogP contribution in [0, 0.1) is 0 Å². The Kier molecular flexibility index (Phi) is 3.28. The number of nitrogens with one attached hydrogen (secondary N) is 1. The smallest absolute Gasteiger partial charge is 0.0726 e. The lowest BCUT2D eigenvalue weighted by Crippen LogP contribution is -2.27. The molecule has 2 aromatic rings. The van der Waals surface area contributed by atoms with Gasteiger partial charge in [0.2, 0.25) is 0 Å². The van der Waals surface area contributed by atoms with Crippen LogP contribution in [-0.2, 0) is 12.5 Å². The lowest BCUT2D eigenvalue weighted by Gasteiger charge is -2.26. The van der Waals surface area contributed by atoms with E-state index >= 15 is 0 Å². The zero-order chi connectivity index (χ0) is 13.2. The average molecular weight is 244 g/mol. The zero-order valence-corrected chi connectivity index (χ0v) is 11.1. The second kappa shape index (κ2) is 4.72. The van der Waals surface area contributed by atoms with Gasteiger partial charge in [0, 0.05) is 30.9 Å². The molecule has 4 heteroatoms. The van der Waals surface area contributed by atoms with Crippen molar-refractivity contribution in [3.8, 4) is 0 Å². The molecule has 0 saturated carbocycles. The Labute approximate surface area is 108 Å². The number of nitrogens with zero attached hydrogens (tertiary/aromatic N) is 2. The van der Waals surface area contributed by atoms with E-state index in [0.717, 1.165) is 17.9 Å². The number of aryl methyl sites for hydroxylation is 1. The van der Waals surface area contributed by atoms with Crippen LogP contribution < -0.4 is 11.1 Å². The molecule has 1 heterocycles. The van der Waals surface area contributed by atoms with Gasteiger partial charge in [0.1, 0.15) is 0 Å². The number of rotatable bonds is 4. The molecule has 0 aliphatic carbocycles.